The molecule has 0 saturated heterocycles. The molecule has 0 saturated carbocycles. The fourth-order valence-corrected chi connectivity index (χ4v) is 5.01. The van der Waals surface area contributed by atoms with Crippen molar-refractivity contribution in [2.75, 3.05) is 12.4 Å². The number of fused-ring (bicyclic) bond motifs is 1. The summed E-state index contributed by atoms with van der Waals surface area (Å²) in [6, 6.07) is 16.5. The highest BCUT2D eigenvalue weighted by molar-refractivity contribution is 7.99. The molecule has 1 heterocycles. The number of oxazole rings is 1. The van der Waals surface area contributed by atoms with Gasteiger partial charge in [0.1, 0.15) is 10.4 Å². The summed E-state index contributed by atoms with van der Waals surface area (Å²) in [5, 5.41) is 4.32. The quantitative estimate of drug-likeness (QED) is 0.122. The highest BCUT2D eigenvalue weighted by atomic mass is 35.5. The molecule has 0 radical (unpaired) electrons. The van der Waals surface area contributed by atoms with Crippen LogP contribution in [0.1, 0.15) is 18.1 Å². The Bertz CT molecular complexity index is 1520. The third-order valence-electron chi connectivity index (χ3n) is 4.84. The minimum Gasteiger partial charge on any atom is -0.490 e. The standard InChI is InChI=1S/C25H22ClN3O6S2/c1-3-33-22-13-17(12-19(26)24(22)35-37(31,32)18-10-8-16(2)9-11-18)14-27-29-23(30)15-36-25-28-20-6-4-5-7-21(20)34-25/h4-14H,3,15H2,1-2H3,(H,29,30)/b27-14-. The van der Waals surface area contributed by atoms with E-state index in [-0.39, 0.29) is 39.7 Å². The van der Waals surface area contributed by atoms with Crippen molar-refractivity contribution >= 4 is 56.7 Å². The lowest BCUT2D eigenvalue weighted by atomic mass is 10.2. The van der Waals surface area contributed by atoms with E-state index in [9.17, 15) is 13.2 Å². The smallest absolute Gasteiger partial charge is 0.339 e. The van der Waals surface area contributed by atoms with Gasteiger partial charge in [-0.2, -0.15) is 13.5 Å². The summed E-state index contributed by atoms with van der Waals surface area (Å²) in [6.07, 6.45) is 1.36. The number of nitrogens with zero attached hydrogens (tertiary/aromatic N) is 2. The first kappa shape index (κ1) is 26.5. The number of nitrogens with one attached hydrogen (secondary N) is 1. The van der Waals surface area contributed by atoms with Crippen LogP contribution in [-0.2, 0) is 14.9 Å². The maximum Gasteiger partial charge on any atom is 0.339 e. The summed E-state index contributed by atoms with van der Waals surface area (Å²) in [6.45, 7) is 3.82. The van der Waals surface area contributed by atoms with Gasteiger partial charge in [-0.15, -0.1) is 0 Å². The van der Waals surface area contributed by atoms with Crippen LogP contribution in [0.2, 0.25) is 5.02 Å². The fraction of sp³-hybridized carbons (Fsp3) is 0.160. The van der Waals surface area contributed by atoms with Gasteiger partial charge in [0, 0.05) is 0 Å². The van der Waals surface area contributed by atoms with Gasteiger partial charge in [-0.1, -0.05) is 53.2 Å². The molecule has 0 aliphatic carbocycles. The lowest BCUT2D eigenvalue weighted by Gasteiger charge is -2.14. The second-order valence-electron chi connectivity index (χ2n) is 7.64. The molecule has 0 bridgehead atoms. The molecule has 9 nitrogen and oxygen atoms in total. The molecule has 37 heavy (non-hydrogen) atoms. The van der Waals surface area contributed by atoms with E-state index >= 15 is 0 Å². The number of ether oxygens (including phenoxy) is 1. The number of aryl methyl sites for hydroxylation is 1. The molecule has 0 atom stereocenters. The van der Waals surface area contributed by atoms with Crippen LogP contribution in [0.5, 0.6) is 11.5 Å². The minimum atomic E-state index is -4.14. The zero-order valence-electron chi connectivity index (χ0n) is 19.8. The van der Waals surface area contributed by atoms with E-state index in [1.807, 2.05) is 25.1 Å². The first-order valence-corrected chi connectivity index (χ1v) is 13.8. The predicted octanol–water partition coefficient (Wildman–Crippen LogP) is 5.20. The van der Waals surface area contributed by atoms with Crippen LogP contribution in [0.25, 0.3) is 11.1 Å². The minimum absolute atomic E-state index is 0.000860. The number of thioether (sulfide) groups is 1. The molecule has 0 unspecified atom stereocenters. The first-order valence-electron chi connectivity index (χ1n) is 11.0. The number of aromatic nitrogens is 1. The van der Waals surface area contributed by atoms with Crippen LogP contribution < -0.4 is 14.3 Å². The molecule has 0 aliphatic heterocycles. The van der Waals surface area contributed by atoms with Crippen LogP contribution >= 0.6 is 23.4 Å². The Kier molecular flexibility index (Phi) is 8.37. The summed E-state index contributed by atoms with van der Waals surface area (Å²) in [7, 11) is -4.14. The third kappa shape index (κ3) is 6.82. The molecule has 0 fully saturated rings. The van der Waals surface area contributed by atoms with Crippen LogP contribution in [0, 0.1) is 6.92 Å². The molecule has 192 valence electrons. The number of benzene rings is 3. The van der Waals surface area contributed by atoms with Crippen molar-refractivity contribution in [3.05, 3.63) is 76.8 Å². The molecule has 1 N–H and O–H groups in total. The number of rotatable bonds is 10. The third-order valence-corrected chi connectivity index (χ3v) is 7.18. The number of hydrogen-bond donors (Lipinski definition) is 1. The summed E-state index contributed by atoms with van der Waals surface area (Å²) >= 11 is 7.48. The maximum atomic E-state index is 12.7. The Morgan fingerprint density at radius 2 is 1.95 bits per heavy atom. The molecule has 0 aliphatic rings. The van der Waals surface area contributed by atoms with Gasteiger partial charge in [0.25, 0.3) is 11.1 Å². The SMILES string of the molecule is CCOc1cc(/C=N\NC(=O)CSc2nc3ccccc3o2)cc(Cl)c1OS(=O)(=O)c1ccc(C)cc1. The van der Waals surface area contributed by atoms with Gasteiger partial charge in [0.05, 0.1) is 23.6 Å². The highest BCUT2D eigenvalue weighted by Crippen LogP contribution is 2.38. The van der Waals surface area contributed by atoms with Crippen molar-refractivity contribution in [2.24, 2.45) is 5.10 Å². The Balaban J connectivity index is 1.42. The van der Waals surface area contributed by atoms with Crippen LogP contribution in [-0.4, -0.2) is 37.9 Å². The van der Waals surface area contributed by atoms with E-state index < -0.39 is 10.1 Å². The van der Waals surface area contributed by atoms with Gasteiger partial charge in [0.2, 0.25) is 5.75 Å². The molecular weight excluding hydrogens is 538 g/mol. The molecule has 4 aromatic rings. The largest absolute Gasteiger partial charge is 0.490 e. The summed E-state index contributed by atoms with van der Waals surface area (Å²) in [5.41, 5.74) is 5.14. The van der Waals surface area contributed by atoms with E-state index in [1.165, 1.54) is 30.5 Å². The molecular formula is C25H22ClN3O6S2. The van der Waals surface area contributed by atoms with Crippen molar-refractivity contribution < 1.29 is 26.5 Å². The van der Waals surface area contributed by atoms with E-state index in [0.29, 0.717) is 21.9 Å². The summed E-state index contributed by atoms with van der Waals surface area (Å²) < 4.78 is 41.9. The highest BCUT2D eigenvalue weighted by Gasteiger charge is 2.22. The monoisotopic (exact) mass is 559 g/mol. The number of para-hydroxylation sites is 2. The molecule has 0 spiro atoms. The topological polar surface area (TPSA) is 120 Å². The van der Waals surface area contributed by atoms with Crippen molar-refractivity contribution in [1.82, 2.24) is 10.4 Å². The molecule has 1 amide bonds. The zero-order valence-corrected chi connectivity index (χ0v) is 22.2. The average molecular weight is 560 g/mol. The van der Waals surface area contributed by atoms with Crippen molar-refractivity contribution in [1.29, 1.82) is 0 Å². The normalized spacial score (nSPS) is 11.6. The number of hydrogen-bond acceptors (Lipinski definition) is 9. The number of carbonyl (C=O) groups excluding carboxylic acids is 1. The van der Waals surface area contributed by atoms with Gasteiger partial charge in [-0.25, -0.2) is 10.4 Å². The van der Waals surface area contributed by atoms with Gasteiger partial charge in [-0.05, 0) is 55.8 Å². The van der Waals surface area contributed by atoms with Gasteiger partial charge in [0.15, 0.2) is 11.3 Å². The Morgan fingerprint density at radius 3 is 2.68 bits per heavy atom. The number of amides is 1. The Morgan fingerprint density at radius 1 is 1.19 bits per heavy atom. The van der Waals surface area contributed by atoms with E-state index in [1.54, 1.807) is 25.1 Å². The summed E-state index contributed by atoms with van der Waals surface area (Å²) in [4.78, 5) is 16.5. The summed E-state index contributed by atoms with van der Waals surface area (Å²) in [5.74, 6) is -0.354. The Hall–Kier alpha value is -3.54. The van der Waals surface area contributed by atoms with E-state index in [2.05, 4.69) is 15.5 Å². The van der Waals surface area contributed by atoms with Gasteiger partial charge in [-0.3, -0.25) is 4.79 Å². The number of halogens is 1. The van der Waals surface area contributed by atoms with Crippen molar-refractivity contribution in [3.8, 4) is 11.5 Å². The molecule has 12 heteroatoms. The second-order valence-corrected chi connectivity index (χ2v) is 10.5. The molecule has 1 aromatic heterocycles. The number of hydrazone groups is 1. The second kappa shape index (κ2) is 11.7. The molecule has 3 aromatic carbocycles. The van der Waals surface area contributed by atoms with Gasteiger partial charge < -0.3 is 13.3 Å². The average Bonchev–Trinajstić information content (AvgIpc) is 3.28. The predicted molar refractivity (Wildman–Crippen MR) is 142 cm³/mol. The van der Waals surface area contributed by atoms with Crippen molar-refractivity contribution in [2.45, 2.75) is 24.0 Å². The molecule has 4 rings (SSSR count). The fourth-order valence-electron chi connectivity index (χ4n) is 3.12. The first-order chi connectivity index (χ1) is 17.7. The lowest BCUT2D eigenvalue weighted by Crippen LogP contribution is -2.19. The van der Waals surface area contributed by atoms with Gasteiger partial charge >= 0.3 is 10.1 Å². The number of carbonyl (C=O) groups is 1. The zero-order chi connectivity index (χ0) is 26.4. The van der Waals surface area contributed by atoms with Crippen LogP contribution in [0.4, 0.5) is 0 Å². The Labute approximate surface area is 222 Å². The van der Waals surface area contributed by atoms with E-state index in [0.717, 1.165) is 17.3 Å². The van der Waals surface area contributed by atoms with Crippen LogP contribution in [0.15, 0.2) is 80.3 Å². The van der Waals surface area contributed by atoms with Crippen molar-refractivity contribution in [3.63, 3.8) is 0 Å². The lowest BCUT2D eigenvalue weighted by molar-refractivity contribution is -0.118. The van der Waals surface area contributed by atoms with E-state index in [4.69, 9.17) is 24.9 Å². The maximum absolute atomic E-state index is 12.7. The van der Waals surface area contributed by atoms with Crippen LogP contribution in [0.3, 0.4) is 0 Å².